The highest BCUT2D eigenvalue weighted by atomic mass is 35.5. The zero-order valence-electron chi connectivity index (χ0n) is 18.3. The van der Waals surface area contributed by atoms with Crippen LogP contribution in [0.4, 0.5) is 11.8 Å². The van der Waals surface area contributed by atoms with Gasteiger partial charge in [0, 0.05) is 11.8 Å². The van der Waals surface area contributed by atoms with Crippen molar-refractivity contribution < 1.29 is 0 Å². The molecule has 7 nitrogen and oxygen atoms in total. The van der Waals surface area contributed by atoms with Gasteiger partial charge in [0.05, 0.1) is 27.7 Å². The molecule has 0 saturated carbocycles. The zero-order chi connectivity index (χ0) is 23.7. The van der Waals surface area contributed by atoms with Gasteiger partial charge in [0.1, 0.15) is 11.6 Å². The summed E-state index contributed by atoms with van der Waals surface area (Å²) < 4.78 is 1.58. The Kier molecular flexibility index (Phi) is 5.69. The van der Waals surface area contributed by atoms with E-state index in [2.05, 4.69) is 15.3 Å². The number of aromatic nitrogens is 4. The molecule has 2 heterocycles. The summed E-state index contributed by atoms with van der Waals surface area (Å²) in [6.45, 7) is 1.92. The van der Waals surface area contributed by atoms with Crippen molar-refractivity contribution in [2.75, 3.05) is 11.1 Å². The van der Waals surface area contributed by atoms with E-state index in [1.54, 1.807) is 29.0 Å². The summed E-state index contributed by atoms with van der Waals surface area (Å²) in [5.74, 6) is 1.21. The van der Waals surface area contributed by atoms with Gasteiger partial charge in [0.25, 0.3) is 5.56 Å². The van der Waals surface area contributed by atoms with Crippen molar-refractivity contribution >= 4 is 34.3 Å². The fraction of sp³-hybridized carbons (Fsp3) is 0.0769. The maximum absolute atomic E-state index is 13.6. The summed E-state index contributed by atoms with van der Waals surface area (Å²) in [6.07, 6.45) is 1.69. The number of fused-ring (bicyclic) bond motifs is 1. The number of hydrogen-bond acceptors (Lipinski definition) is 6. The summed E-state index contributed by atoms with van der Waals surface area (Å²) in [5.41, 5.74) is 8.62. The van der Waals surface area contributed by atoms with Crippen LogP contribution in [0.5, 0.6) is 0 Å². The van der Waals surface area contributed by atoms with E-state index in [9.17, 15) is 4.79 Å². The van der Waals surface area contributed by atoms with Crippen LogP contribution >= 0.6 is 11.6 Å². The molecule has 0 aliphatic rings. The van der Waals surface area contributed by atoms with E-state index in [4.69, 9.17) is 22.3 Å². The number of anilines is 2. The largest absolute Gasteiger partial charge is 0.368 e. The number of para-hydroxylation sites is 1. The second-order valence-corrected chi connectivity index (χ2v) is 8.21. The lowest BCUT2D eigenvalue weighted by molar-refractivity contribution is 0.731. The Labute approximate surface area is 200 Å². The lowest BCUT2D eigenvalue weighted by Gasteiger charge is -2.21. The van der Waals surface area contributed by atoms with Gasteiger partial charge < -0.3 is 11.1 Å². The van der Waals surface area contributed by atoms with Crippen LogP contribution in [0.2, 0.25) is 5.02 Å². The number of hydrogen-bond donors (Lipinski definition) is 2. The number of nitrogen functional groups attached to an aromatic ring is 1. The highest BCUT2D eigenvalue weighted by Crippen LogP contribution is 2.30. The highest BCUT2D eigenvalue weighted by molar-refractivity contribution is 6.35. The summed E-state index contributed by atoms with van der Waals surface area (Å²) in [7, 11) is 0. The second kappa shape index (κ2) is 8.96. The normalized spacial score (nSPS) is 11.9. The van der Waals surface area contributed by atoms with Crippen molar-refractivity contribution in [3.8, 4) is 16.8 Å². The number of benzene rings is 3. The van der Waals surface area contributed by atoms with Gasteiger partial charge in [-0.05, 0) is 36.8 Å². The minimum atomic E-state index is -0.409. The van der Waals surface area contributed by atoms with Crippen LogP contribution in [-0.2, 0) is 0 Å². The van der Waals surface area contributed by atoms with Gasteiger partial charge in [-0.3, -0.25) is 9.36 Å². The molecule has 0 saturated heterocycles. The standard InChI is InChI=1S/C26H21ClN6O/c1-16(30-23-19(15-29-26(28)32-23)17-9-4-2-5-10-17)24-31-21-14-8-13-20(27)22(21)25(34)33(24)18-11-6-3-7-12-18/h2-16H,1H3,(H3,28,29,30,32)/t16-/m1/s1. The third kappa shape index (κ3) is 3.97. The van der Waals surface area contributed by atoms with Crippen LogP contribution < -0.4 is 16.6 Å². The monoisotopic (exact) mass is 468 g/mol. The predicted molar refractivity (Wildman–Crippen MR) is 136 cm³/mol. The highest BCUT2D eigenvalue weighted by Gasteiger charge is 2.21. The predicted octanol–water partition coefficient (Wildman–Crippen LogP) is 5.25. The second-order valence-electron chi connectivity index (χ2n) is 7.80. The van der Waals surface area contributed by atoms with Crippen LogP contribution in [0.25, 0.3) is 27.7 Å². The Hall–Kier alpha value is -4.23. The molecule has 0 aliphatic heterocycles. The van der Waals surface area contributed by atoms with Crippen molar-refractivity contribution in [3.05, 3.63) is 106 Å². The number of rotatable bonds is 5. The average molecular weight is 469 g/mol. The number of halogens is 1. The number of nitrogens with two attached hydrogens (primary N) is 1. The Morgan fingerprint density at radius 2 is 1.65 bits per heavy atom. The lowest BCUT2D eigenvalue weighted by atomic mass is 10.1. The maximum atomic E-state index is 13.6. The molecule has 0 bridgehead atoms. The van der Waals surface area contributed by atoms with Crippen LogP contribution in [0, 0.1) is 0 Å². The maximum Gasteiger partial charge on any atom is 0.267 e. The molecule has 5 rings (SSSR count). The van der Waals surface area contributed by atoms with Gasteiger partial charge in [-0.15, -0.1) is 0 Å². The Balaban J connectivity index is 1.68. The molecule has 3 N–H and O–H groups in total. The van der Waals surface area contributed by atoms with Gasteiger partial charge in [0.2, 0.25) is 5.95 Å². The van der Waals surface area contributed by atoms with E-state index >= 15 is 0 Å². The van der Waals surface area contributed by atoms with E-state index < -0.39 is 6.04 Å². The Bertz CT molecular complexity index is 1540. The molecule has 0 unspecified atom stereocenters. The van der Waals surface area contributed by atoms with E-state index in [1.165, 1.54) is 0 Å². The molecule has 0 radical (unpaired) electrons. The molecule has 34 heavy (non-hydrogen) atoms. The molecule has 0 aliphatic carbocycles. The van der Waals surface area contributed by atoms with Crippen molar-refractivity contribution in [3.63, 3.8) is 0 Å². The first-order chi connectivity index (χ1) is 16.5. The van der Waals surface area contributed by atoms with E-state index in [0.717, 1.165) is 11.1 Å². The third-order valence-electron chi connectivity index (χ3n) is 5.52. The molecular formula is C26H21ClN6O. The zero-order valence-corrected chi connectivity index (χ0v) is 19.1. The molecule has 1 atom stereocenters. The van der Waals surface area contributed by atoms with Crippen molar-refractivity contribution in [2.45, 2.75) is 13.0 Å². The lowest BCUT2D eigenvalue weighted by Crippen LogP contribution is -2.27. The third-order valence-corrected chi connectivity index (χ3v) is 5.83. The first-order valence-electron chi connectivity index (χ1n) is 10.7. The first kappa shape index (κ1) is 21.6. The van der Waals surface area contributed by atoms with Crippen LogP contribution in [0.15, 0.2) is 89.9 Å². The minimum Gasteiger partial charge on any atom is -0.368 e. The number of nitrogens with one attached hydrogen (secondary N) is 1. The van der Waals surface area contributed by atoms with Crippen molar-refractivity contribution in [1.29, 1.82) is 0 Å². The number of nitrogens with zero attached hydrogens (tertiary/aromatic N) is 4. The topological polar surface area (TPSA) is 98.7 Å². The van der Waals surface area contributed by atoms with Gasteiger partial charge in [-0.2, -0.15) is 4.98 Å². The quantitative estimate of drug-likeness (QED) is 0.365. The van der Waals surface area contributed by atoms with Gasteiger partial charge >= 0.3 is 0 Å². The summed E-state index contributed by atoms with van der Waals surface area (Å²) in [6, 6.07) is 24.0. The van der Waals surface area contributed by atoms with Crippen LogP contribution in [-0.4, -0.2) is 19.5 Å². The van der Waals surface area contributed by atoms with Crippen LogP contribution in [0.1, 0.15) is 18.8 Å². The van der Waals surface area contributed by atoms with Crippen molar-refractivity contribution in [1.82, 2.24) is 19.5 Å². The smallest absolute Gasteiger partial charge is 0.267 e. The molecule has 5 aromatic rings. The minimum absolute atomic E-state index is 0.146. The van der Waals surface area contributed by atoms with Gasteiger partial charge in [-0.25, -0.2) is 9.97 Å². The molecule has 0 fully saturated rings. The van der Waals surface area contributed by atoms with E-state index in [0.29, 0.717) is 33.3 Å². The average Bonchev–Trinajstić information content (AvgIpc) is 2.85. The van der Waals surface area contributed by atoms with Gasteiger partial charge in [0.15, 0.2) is 0 Å². The Morgan fingerprint density at radius 3 is 2.38 bits per heavy atom. The van der Waals surface area contributed by atoms with E-state index in [-0.39, 0.29) is 11.5 Å². The van der Waals surface area contributed by atoms with Crippen molar-refractivity contribution in [2.24, 2.45) is 0 Å². The first-order valence-corrected chi connectivity index (χ1v) is 11.1. The van der Waals surface area contributed by atoms with Gasteiger partial charge in [-0.1, -0.05) is 66.2 Å². The molecule has 8 heteroatoms. The molecule has 0 spiro atoms. The Morgan fingerprint density at radius 1 is 0.941 bits per heavy atom. The van der Waals surface area contributed by atoms with Crippen LogP contribution in [0.3, 0.4) is 0 Å². The fourth-order valence-corrected chi connectivity index (χ4v) is 4.18. The summed E-state index contributed by atoms with van der Waals surface area (Å²) in [5, 5.41) is 4.13. The van der Waals surface area contributed by atoms with E-state index in [1.807, 2.05) is 67.6 Å². The molecule has 2 aromatic heterocycles. The molecule has 0 amide bonds. The molecular weight excluding hydrogens is 448 g/mol. The molecule has 3 aromatic carbocycles. The fourth-order valence-electron chi connectivity index (χ4n) is 3.93. The summed E-state index contributed by atoms with van der Waals surface area (Å²) >= 11 is 6.39. The summed E-state index contributed by atoms with van der Waals surface area (Å²) in [4.78, 5) is 27.1. The SMILES string of the molecule is C[C@@H](Nc1nc(N)ncc1-c1ccccc1)c1nc2cccc(Cl)c2c(=O)n1-c1ccccc1. The molecule has 168 valence electrons.